The Hall–Kier alpha value is -0.450. The first-order valence-electron chi connectivity index (χ1n) is 6.28. The molecule has 92 valence electrons. The van der Waals surface area contributed by atoms with Gasteiger partial charge in [0.15, 0.2) is 5.78 Å². The molecule has 1 unspecified atom stereocenters. The van der Waals surface area contributed by atoms with Crippen molar-refractivity contribution in [2.24, 2.45) is 0 Å². The fraction of sp³-hybridized carbons (Fsp3) is 0.917. The van der Waals surface area contributed by atoms with Crippen molar-refractivity contribution in [2.75, 3.05) is 26.3 Å². The van der Waals surface area contributed by atoms with Gasteiger partial charge in [-0.15, -0.1) is 0 Å². The number of carbonyl (C=O) groups excluding carboxylic acids is 1. The monoisotopic (exact) mass is 226 g/mol. The number of nitrogens with one attached hydrogen (secondary N) is 1. The zero-order chi connectivity index (χ0) is 11.5. The van der Waals surface area contributed by atoms with Gasteiger partial charge in [-0.1, -0.05) is 0 Å². The van der Waals surface area contributed by atoms with Crippen molar-refractivity contribution in [3.63, 3.8) is 0 Å². The molecule has 4 heteroatoms. The molecule has 2 aliphatic heterocycles. The normalized spacial score (nSPS) is 26.8. The molecule has 0 radical (unpaired) electrons. The first kappa shape index (κ1) is 12.0. The Labute approximate surface area is 97.3 Å². The molecule has 2 fully saturated rings. The number of rotatable bonds is 5. The van der Waals surface area contributed by atoms with Crippen LogP contribution in [-0.2, 0) is 9.53 Å². The first-order valence-corrected chi connectivity index (χ1v) is 6.28. The summed E-state index contributed by atoms with van der Waals surface area (Å²) in [4.78, 5) is 14.0. The molecule has 4 nitrogen and oxygen atoms in total. The van der Waals surface area contributed by atoms with Crippen molar-refractivity contribution in [2.45, 2.75) is 44.8 Å². The molecule has 0 spiro atoms. The van der Waals surface area contributed by atoms with Crippen LogP contribution in [0.3, 0.4) is 0 Å². The highest BCUT2D eigenvalue weighted by atomic mass is 16.5. The van der Waals surface area contributed by atoms with Gasteiger partial charge >= 0.3 is 0 Å². The van der Waals surface area contributed by atoms with Crippen LogP contribution < -0.4 is 5.32 Å². The third-order valence-corrected chi connectivity index (χ3v) is 3.58. The second-order valence-electron chi connectivity index (χ2n) is 5.03. The lowest BCUT2D eigenvalue weighted by Gasteiger charge is -2.40. The van der Waals surface area contributed by atoms with E-state index in [2.05, 4.69) is 24.1 Å². The summed E-state index contributed by atoms with van der Waals surface area (Å²) in [6, 6.07) is 1.20. The van der Waals surface area contributed by atoms with Crippen molar-refractivity contribution in [3.05, 3.63) is 0 Å². The summed E-state index contributed by atoms with van der Waals surface area (Å²) < 4.78 is 5.23. The Bertz CT molecular complexity index is 251. The molecule has 1 N–H and O–H groups in total. The van der Waals surface area contributed by atoms with E-state index in [4.69, 9.17) is 4.74 Å². The average Bonchev–Trinajstić information content (AvgIpc) is 2.55. The van der Waals surface area contributed by atoms with Crippen molar-refractivity contribution in [3.8, 4) is 0 Å². The summed E-state index contributed by atoms with van der Waals surface area (Å²) in [7, 11) is 0. The molecular weight excluding hydrogens is 204 g/mol. The zero-order valence-electron chi connectivity index (χ0n) is 10.2. The Morgan fingerprint density at radius 2 is 2.25 bits per heavy atom. The molecule has 0 aromatic carbocycles. The Morgan fingerprint density at radius 3 is 2.69 bits per heavy atom. The fourth-order valence-electron chi connectivity index (χ4n) is 2.48. The van der Waals surface area contributed by atoms with Gasteiger partial charge in [-0.3, -0.25) is 9.69 Å². The third-order valence-electron chi connectivity index (χ3n) is 3.58. The van der Waals surface area contributed by atoms with Crippen LogP contribution in [0.15, 0.2) is 0 Å². The number of nitrogens with zero attached hydrogens (tertiary/aromatic N) is 1. The summed E-state index contributed by atoms with van der Waals surface area (Å²) >= 11 is 0. The summed E-state index contributed by atoms with van der Waals surface area (Å²) in [5.74, 6) is 0.383. The van der Waals surface area contributed by atoms with Gasteiger partial charge in [0.25, 0.3) is 0 Å². The Balaban J connectivity index is 1.79. The van der Waals surface area contributed by atoms with E-state index in [-0.39, 0.29) is 6.04 Å². The lowest BCUT2D eigenvalue weighted by molar-refractivity contribution is -0.119. The van der Waals surface area contributed by atoms with Gasteiger partial charge in [-0.2, -0.15) is 0 Å². The number of ketones is 1. The lowest BCUT2D eigenvalue weighted by atomic mass is 10.1. The van der Waals surface area contributed by atoms with E-state index >= 15 is 0 Å². The minimum Gasteiger partial charge on any atom is -0.378 e. The van der Waals surface area contributed by atoms with E-state index in [0.717, 1.165) is 32.7 Å². The number of Topliss-reactive ketones (excluding diaryl/α,β-unsaturated/α-hetero) is 1. The highest BCUT2D eigenvalue weighted by Crippen LogP contribution is 2.16. The van der Waals surface area contributed by atoms with E-state index in [1.165, 1.54) is 0 Å². The van der Waals surface area contributed by atoms with Crippen LogP contribution in [0, 0.1) is 0 Å². The van der Waals surface area contributed by atoms with Gasteiger partial charge in [0.05, 0.1) is 25.3 Å². The second kappa shape index (κ2) is 5.25. The molecule has 0 aliphatic carbocycles. The molecule has 0 bridgehead atoms. The van der Waals surface area contributed by atoms with Gasteiger partial charge in [-0.05, 0) is 20.3 Å². The van der Waals surface area contributed by atoms with Crippen LogP contribution in [-0.4, -0.2) is 55.1 Å². The van der Waals surface area contributed by atoms with Gasteiger partial charge in [0, 0.05) is 25.6 Å². The predicted octanol–water partition coefficient (Wildman–Crippen LogP) is 0.417. The topological polar surface area (TPSA) is 41.6 Å². The summed E-state index contributed by atoms with van der Waals surface area (Å²) in [5, 5.41) is 3.27. The number of hydrogen-bond acceptors (Lipinski definition) is 4. The maximum Gasteiger partial charge on any atom is 0.151 e. The van der Waals surface area contributed by atoms with Crippen molar-refractivity contribution in [1.82, 2.24) is 10.2 Å². The van der Waals surface area contributed by atoms with Crippen LogP contribution in [0.1, 0.15) is 26.7 Å². The maximum absolute atomic E-state index is 11.5. The largest absolute Gasteiger partial charge is 0.378 e. The Kier molecular flexibility index (Phi) is 3.95. The third kappa shape index (κ3) is 2.62. The molecule has 2 saturated heterocycles. The highest BCUT2D eigenvalue weighted by Gasteiger charge is 2.30. The SMILES string of the molecule is CC(C)N(CCC1NCCC1=O)C1COC1. The number of carbonyl (C=O) groups is 1. The first-order chi connectivity index (χ1) is 7.68. The average molecular weight is 226 g/mol. The highest BCUT2D eigenvalue weighted by molar-refractivity contribution is 5.86. The Morgan fingerprint density at radius 1 is 1.50 bits per heavy atom. The van der Waals surface area contributed by atoms with Gasteiger partial charge in [-0.25, -0.2) is 0 Å². The van der Waals surface area contributed by atoms with Crippen LogP contribution in [0.2, 0.25) is 0 Å². The molecule has 0 amide bonds. The van der Waals surface area contributed by atoms with E-state index < -0.39 is 0 Å². The summed E-state index contributed by atoms with van der Waals surface area (Å²) in [5.41, 5.74) is 0. The molecule has 0 aromatic rings. The quantitative estimate of drug-likeness (QED) is 0.737. The standard InChI is InChI=1S/C12H22N2O2/c1-9(2)14(10-7-16-8-10)6-4-11-12(15)3-5-13-11/h9-11,13H,3-8H2,1-2H3. The molecular formula is C12H22N2O2. The summed E-state index contributed by atoms with van der Waals surface area (Å²) in [6.07, 6.45) is 1.65. The van der Waals surface area contributed by atoms with E-state index in [9.17, 15) is 4.79 Å². The van der Waals surface area contributed by atoms with Gasteiger partial charge < -0.3 is 10.1 Å². The molecule has 0 aromatic heterocycles. The molecule has 2 rings (SSSR count). The predicted molar refractivity (Wildman–Crippen MR) is 62.5 cm³/mol. The molecule has 16 heavy (non-hydrogen) atoms. The van der Waals surface area contributed by atoms with Gasteiger partial charge in [0.1, 0.15) is 0 Å². The molecule has 0 saturated carbocycles. The van der Waals surface area contributed by atoms with E-state index in [0.29, 0.717) is 24.3 Å². The van der Waals surface area contributed by atoms with E-state index in [1.807, 2.05) is 0 Å². The molecule has 1 atom stereocenters. The summed E-state index contributed by atoms with van der Waals surface area (Å²) in [6.45, 7) is 7.98. The van der Waals surface area contributed by atoms with Crippen LogP contribution in [0.25, 0.3) is 0 Å². The molecule has 2 aliphatic rings. The van der Waals surface area contributed by atoms with Crippen LogP contribution in [0.5, 0.6) is 0 Å². The number of hydrogen-bond donors (Lipinski definition) is 1. The maximum atomic E-state index is 11.5. The zero-order valence-corrected chi connectivity index (χ0v) is 10.2. The smallest absolute Gasteiger partial charge is 0.151 e. The minimum atomic E-state index is 0.0993. The lowest BCUT2D eigenvalue weighted by Crippen LogP contribution is -2.53. The van der Waals surface area contributed by atoms with Gasteiger partial charge in [0.2, 0.25) is 0 Å². The van der Waals surface area contributed by atoms with Crippen LogP contribution in [0.4, 0.5) is 0 Å². The minimum absolute atomic E-state index is 0.0993. The number of ether oxygens (including phenoxy) is 1. The molecule has 2 heterocycles. The van der Waals surface area contributed by atoms with Crippen LogP contribution >= 0.6 is 0 Å². The van der Waals surface area contributed by atoms with E-state index in [1.54, 1.807) is 0 Å². The fourth-order valence-corrected chi connectivity index (χ4v) is 2.48. The second-order valence-corrected chi connectivity index (χ2v) is 5.03. The van der Waals surface area contributed by atoms with Crippen molar-refractivity contribution in [1.29, 1.82) is 0 Å². The van der Waals surface area contributed by atoms with Crippen molar-refractivity contribution >= 4 is 5.78 Å². The van der Waals surface area contributed by atoms with Crippen molar-refractivity contribution < 1.29 is 9.53 Å².